The molecule has 0 spiro atoms. The van der Waals surface area contributed by atoms with E-state index in [9.17, 15) is 8.78 Å². The lowest BCUT2D eigenvalue weighted by Crippen LogP contribution is -2.06. The van der Waals surface area contributed by atoms with Gasteiger partial charge >= 0.3 is 6.08 Å². The monoisotopic (exact) mass is 323 g/mol. The molecule has 1 heterocycles. The highest BCUT2D eigenvalue weighted by Gasteiger charge is 2.12. The maximum absolute atomic E-state index is 12.7. The van der Waals surface area contributed by atoms with E-state index in [4.69, 9.17) is 14.2 Å². The van der Waals surface area contributed by atoms with E-state index in [-0.39, 0.29) is 19.1 Å². The molecular formula is C11H12BrF2NO3. The van der Waals surface area contributed by atoms with Crippen LogP contribution in [0.15, 0.2) is 28.9 Å². The highest BCUT2D eigenvalue weighted by atomic mass is 79.9. The molecule has 0 aliphatic rings. The van der Waals surface area contributed by atoms with Gasteiger partial charge in [-0.15, -0.1) is 0 Å². The zero-order valence-corrected chi connectivity index (χ0v) is 11.2. The average molecular weight is 324 g/mol. The summed E-state index contributed by atoms with van der Waals surface area (Å²) in [6.07, 6.45) is -0.534. The first-order valence-electron chi connectivity index (χ1n) is 5.02. The fourth-order valence-corrected chi connectivity index (χ4v) is 1.27. The largest absolute Gasteiger partial charge is 0.460 e. The Morgan fingerprint density at radius 2 is 2.11 bits per heavy atom. The number of halogens is 3. The van der Waals surface area contributed by atoms with E-state index in [1.807, 2.05) is 0 Å². The van der Waals surface area contributed by atoms with Gasteiger partial charge < -0.3 is 14.2 Å². The Kier molecular flexibility index (Phi) is 6.77. The Balaban J connectivity index is 2.57. The number of nitrogens with zero attached hydrogens (tertiary/aromatic N) is 1. The van der Waals surface area contributed by atoms with Crippen LogP contribution in [-0.2, 0) is 14.2 Å². The normalized spacial score (nSPS) is 10.2. The average Bonchev–Trinajstić information content (AvgIpc) is 2.35. The standard InChI is InChI=1S/C11H12BrF2NO3/c1-16-4-5-17-7-18-10(11(13)14)9-3-2-8(12)6-15-9/h2-3,6H,4-5,7H2,1H3. The van der Waals surface area contributed by atoms with Crippen molar-refractivity contribution in [1.82, 2.24) is 4.98 Å². The molecule has 1 rings (SSSR count). The van der Waals surface area contributed by atoms with E-state index in [1.165, 1.54) is 19.4 Å². The Bertz CT molecular complexity index is 394. The van der Waals surface area contributed by atoms with Gasteiger partial charge in [-0.1, -0.05) is 0 Å². The lowest BCUT2D eigenvalue weighted by molar-refractivity contribution is -0.0238. The van der Waals surface area contributed by atoms with Crippen LogP contribution in [-0.4, -0.2) is 32.1 Å². The van der Waals surface area contributed by atoms with Crippen molar-refractivity contribution in [1.29, 1.82) is 0 Å². The summed E-state index contributed by atoms with van der Waals surface area (Å²) in [5, 5.41) is 0. The van der Waals surface area contributed by atoms with Crippen molar-refractivity contribution >= 4 is 21.7 Å². The van der Waals surface area contributed by atoms with Gasteiger partial charge in [0.15, 0.2) is 6.79 Å². The number of ether oxygens (including phenoxy) is 3. The minimum absolute atomic E-state index is 0.0496. The van der Waals surface area contributed by atoms with Crippen molar-refractivity contribution < 1.29 is 23.0 Å². The van der Waals surface area contributed by atoms with E-state index >= 15 is 0 Å². The van der Waals surface area contributed by atoms with Gasteiger partial charge in [-0.3, -0.25) is 4.98 Å². The maximum atomic E-state index is 12.7. The number of hydrogen-bond acceptors (Lipinski definition) is 4. The summed E-state index contributed by atoms with van der Waals surface area (Å²) in [4.78, 5) is 3.82. The number of hydrogen-bond donors (Lipinski definition) is 0. The molecule has 1 aromatic heterocycles. The van der Waals surface area contributed by atoms with E-state index in [1.54, 1.807) is 6.07 Å². The molecular weight excluding hydrogens is 312 g/mol. The third-order valence-electron chi connectivity index (χ3n) is 1.85. The van der Waals surface area contributed by atoms with Crippen LogP contribution in [0.1, 0.15) is 5.69 Å². The molecule has 4 nitrogen and oxygen atoms in total. The zero-order valence-electron chi connectivity index (χ0n) is 9.66. The molecule has 0 aromatic carbocycles. The summed E-state index contributed by atoms with van der Waals surface area (Å²) >= 11 is 3.17. The molecule has 100 valence electrons. The molecule has 0 saturated heterocycles. The van der Waals surface area contributed by atoms with Crippen molar-refractivity contribution in [2.75, 3.05) is 27.1 Å². The molecule has 0 radical (unpaired) electrons. The number of aromatic nitrogens is 1. The lowest BCUT2D eigenvalue weighted by atomic mass is 10.3. The quantitative estimate of drug-likeness (QED) is 0.439. The first-order chi connectivity index (χ1) is 8.65. The van der Waals surface area contributed by atoms with Crippen molar-refractivity contribution in [3.05, 3.63) is 34.6 Å². The van der Waals surface area contributed by atoms with Gasteiger partial charge in [-0.05, 0) is 28.1 Å². The van der Waals surface area contributed by atoms with Crippen LogP contribution < -0.4 is 0 Å². The van der Waals surface area contributed by atoms with Crippen LogP contribution in [0.4, 0.5) is 8.78 Å². The molecule has 7 heteroatoms. The van der Waals surface area contributed by atoms with Crippen LogP contribution in [0, 0.1) is 0 Å². The molecule has 1 aromatic rings. The van der Waals surface area contributed by atoms with Gasteiger partial charge in [0.05, 0.1) is 13.2 Å². The van der Waals surface area contributed by atoms with Gasteiger partial charge in [0.1, 0.15) is 5.69 Å². The molecule has 0 atom stereocenters. The number of methoxy groups -OCH3 is 1. The number of rotatable bonds is 7. The molecule has 0 saturated carbocycles. The molecule has 0 bridgehead atoms. The summed E-state index contributed by atoms with van der Waals surface area (Å²) in [6, 6.07) is 3.02. The fourth-order valence-electron chi connectivity index (χ4n) is 1.04. The van der Waals surface area contributed by atoms with Crippen molar-refractivity contribution in [3.8, 4) is 0 Å². The van der Waals surface area contributed by atoms with Crippen LogP contribution in [0.3, 0.4) is 0 Å². The van der Waals surface area contributed by atoms with Crippen molar-refractivity contribution in [2.45, 2.75) is 0 Å². The van der Waals surface area contributed by atoms with Gasteiger partial charge in [0, 0.05) is 17.8 Å². The SMILES string of the molecule is COCCOCOC(=C(F)F)c1ccc(Br)cn1. The summed E-state index contributed by atoms with van der Waals surface area (Å²) in [6.45, 7) is 0.357. The highest BCUT2D eigenvalue weighted by Crippen LogP contribution is 2.21. The van der Waals surface area contributed by atoms with Crippen LogP contribution >= 0.6 is 15.9 Å². The predicted molar refractivity (Wildman–Crippen MR) is 64.9 cm³/mol. The molecule has 0 unspecified atom stereocenters. The van der Waals surface area contributed by atoms with E-state index in [0.717, 1.165) is 0 Å². The second kappa shape index (κ2) is 8.12. The lowest BCUT2D eigenvalue weighted by Gasteiger charge is -2.09. The topological polar surface area (TPSA) is 40.6 Å². The third kappa shape index (κ3) is 5.07. The Morgan fingerprint density at radius 1 is 1.33 bits per heavy atom. The third-order valence-corrected chi connectivity index (χ3v) is 2.32. The fraction of sp³-hybridized carbons (Fsp3) is 0.364. The van der Waals surface area contributed by atoms with E-state index in [2.05, 4.69) is 20.9 Å². The van der Waals surface area contributed by atoms with Gasteiger partial charge in [0.2, 0.25) is 5.76 Å². The second-order valence-corrected chi connectivity index (χ2v) is 4.03. The Labute approximate surface area is 112 Å². The first kappa shape index (κ1) is 15.0. The van der Waals surface area contributed by atoms with Crippen LogP contribution in [0.2, 0.25) is 0 Å². The molecule has 0 aliphatic heterocycles. The van der Waals surface area contributed by atoms with Gasteiger partial charge in [-0.2, -0.15) is 8.78 Å². The minimum Gasteiger partial charge on any atom is -0.460 e. The highest BCUT2D eigenvalue weighted by molar-refractivity contribution is 9.10. The maximum Gasteiger partial charge on any atom is 0.314 e. The summed E-state index contributed by atoms with van der Waals surface area (Å²) in [7, 11) is 1.52. The minimum atomic E-state index is -1.94. The van der Waals surface area contributed by atoms with Gasteiger partial charge in [0.25, 0.3) is 0 Å². The van der Waals surface area contributed by atoms with E-state index < -0.39 is 11.8 Å². The molecule has 0 aliphatic carbocycles. The Hall–Kier alpha value is -1.05. The predicted octanol–water partition coefficient (Wildman–Crippen LogP) is 3.05. The molecule has 0 N–H and O–H groups in total. The first-order valence-corrected chi connectivity index (χ1v) is 5.81. The molecule has 18 heavy (non-hydrogen) atoms. The molecule has 0 fully saturated rings. The summed E-state index contributed by atoms with van der Waals surface area (Å²) < 4.78 is 40.6. The van der Waals surface area contributed by atoms with E-state index in [0.29, 0.717) is 11.1 Å². The van der Waals surface area contributed by atoms with Crippen molar-refractivity contribution in [2.24, 2.45) is 0 Å². The molecule has 0 amide bonds. The number of pyridine rings is 1. The zero-order chi connectivity index (χ0) is 13.4. The smallest absolute Gasteiger partial charge is 0.314 e. The van der Waals surface area contributed by atoms with Crippen LogP contribution in [0.5, 0.6) is 0 Å². The van der Waals surface area contributed by atoms with Crippen LogP contribution in [0.25, 0.3) is 5.76 Å². The second-order valence-electron chi connectivity index (χ2n) is 3.11. The summed E-state index contributed by atoms with van der Waals surface area (Å²) in [5.41, 5.74) is 0.0496. The van der Waals surface area contributed by atoms with Crippen molar-refractivity contribution in [3.63, 3.8) is 0 Å². The Morgan fingerprint density at radius 3 is 2.67 bits per heavy atom. The van der Waals surface area contributed by atoms with Gasteiger partial charge in [-0.25, -0.2) is 0 Å². The summed E-state index contributed by atoms with van der Waals surface area (Å²) in [5.74, 6) is -0.583.